The van der Waals surface area contributed by atoms with Crippen molar-refractivity contribution < 1.29 is 0 Å². The third-order valence-electron chi connectivity index (χ3n) is 9.43. The van der Waals surface area contributed by atoms with E-state index < -0.39 is 0 Å². The maximum Gasteiger partial charge on any atom is 0.164 e. The third kappa shape index (κ3) is 3.45. The Morgan fingerprint density at radius 3 is 1.56 bits per heavy atom. The number of hydrogen-bond acceptors (Lipinski definition) is 3. The number of nitrogens with zero attached hydrogens (tertiary/aromatic N) is 3. The molecule has 3 nitrogen and oxygen atoms in total. The van der Waals surface area contributed by atoms with Crippen LogP contribution in [0.2, 0.25) is 0 Å². The molecule has 3 aliphatic rings. The Hall–Kier alpha value is -5.41. The summed E-state index contributed by atoms with van der Waals surface area (Å²) in [5.41, 5.74) is 10.9. The first-order valence-electron chi connectivity index (χ1n) is 14.9. The van der Waals surface area contributed by atoms with Crippen LogP contribution < -0.4 is 0 Å². The highest BCUT2D eigenvalue weighted by molar-refractivity contribution is 5.87. The molecule has 9 rings (SSSR count). The zero-order chi connectivity index (χ0) is 28.4. The lowest BCUT2D eigenvalue weighted by Crippen LogP contribution is -2.33. The van der Waals surface area contributed by atoms with Gasteiger partial charge in [-0.3, -0.25) is 0 Å². The van der Waals surface area contributed by atoms with Gasteiger partial charge in [0.25, 0.3) is 0 Å². The minimum atomic E-state index is -0.290. The van der Waals surface area contributed by atoms with Crippen LogP contribution in [-0.2, 0) is 5.41 Å². The second-order valence-electron chi connectivity index (χ2n) is 11.6. The second kappa shape index (κ2) is 9.30. The van der Waals surface area contributed by atoms with Crippen molar-refractivity contribution in [1.29, 1.82) is 0 Å². The fourth-order valence-corrected chi connectivity index (χ4v) is 7.70. The molecule has 43 heavy (non-hydrogen) atoms. The smallest absolute Gasteiger partial charge is 0.164 e. The van der Waals surface area contributed by atoms with Crippen LogP contribution in [0.5, 0.6) is 0 Å². The van der Waals surface area contributed by atoms with Crippen LogP contribution in [-0.4, -0.2) is 15.0 Å². The van der Waals surface area contributed by atoms with Crippen molar-refractivity contribution in [3.05, 3.63) is 180 Å². The van der Waals surface area contributed by atoms with E-state index in [-0.39, 0.29) is 17.3 Å². The summed E-state index contributed by atoms with van der Waals surface area (Å²) >= 11 is 0. The Labute approximate surface area is 251 Å². The molecule has 5 aromatic carbocycles. The molecule has 2 unspecified atom stereocenters. The van der Waals surface area contributed by atoms with E-state index in [1.165, 1.54) is 33.4 Å². The van der Waals surface area contributed by atoms with E-state index in [4.69, 9.17) is 15.0 Å². The Bertz CT molecular complexity index is 1990. The molecule has 2 atom stereocenters. The molecule has 1 aromatic heterocycles. The number of fused-ring (bicyclic) bond motifs is 10. The Morgan fingerprint density at radius 1 is 0.465 bits per heavy atom. The summed E-state index contributed by atoms with van der Waals surface area (Å²) in [4.78, 5) is 15.1. The molecule has 3 heteroatoms. The highest BCUT2D eigenvalue weighted by Gasteiger charge is 2.57. The number of aromatic nitrogens is 3. The fraction of sp³-hybridized carbons (Fsp3) is 0.0750. The van der Waals surface area contributed by atoms with Crippen LogP contribution in [0.25, 0.3) is 39.5 Å². The highest BCUT2D eigenvalue weighted by Crippen LogP contribution is 2.65. The van der Waals surface area contributed by atoms with Crippen molar-refractivity contribution in [3.8, 4) is 33.9 Å². The Morgan fingerprint density at radius 2 is 0.953 bits per heavy atom. The van der Waals surface area contributed by atoms with Crippen molar-refractivity contribution >= 4 is 5.57 Å². The van der Waals surface area contributed by atoms with Crippen molar-refractivity contribution in [2.24, 2.45) is 5.92 Å². The first-order chi connectivity index (χ1) is 21.3. The average Bonchev–Trinajstić information content (AvgIpc) is 3.56. The summed E-state index contributed by atoms with van der Waals surface area (Å²) in [6.07, 6.45) is 7.05. The van der Waals surface area contributed by atoms with E-state index >= 15 is 0 Å². The van der Waals surface area contributed by atoms with Gasteiger partial charge in [-0.15, -0.1) is 0 Å². The molecule has 0 radical (unpaired) electrons. The summed E-state index contributed by atoms with van der Waals surface area (Å²) in [5, 5.41) is 0. The summed E-state index contributed by atoms with van der Waals surface area (Å²) in [5.74, 6) is 2.49. The number of rotatable bonds is 3. The summed E-state index contributed by atoms with van der Waals surface area (Å²) in [7, 11) is 0. The third-order valence-corrected chi connectivity index (χ3v) is 9.43. The maximum atomic E-state index is 5.08. The van der Waals surface area contributed by atoms with Crippen LogP contribution in [0, 0.1) is 5.92 Å². The first kappa shape index (κ1) is 24.2. The van der Waals surface area contributed by atoms with Gasteiger partial charge in [0.1, 0.15) is 0 Å². The Kier molecular flexibility index (Phi) is 5.24. The van der Waals surface area contributed by atoms with Crippen LogP contribution in [0.4, 0.5) is 0 Å². The van der Waals surface area contributed by atoms with Gasteiger partial charge in [0.2, 0.25) is 0 Å². The van der Waals surface area contributed by atoms with Gasteiger partial charge in [-0.25, -0.2) is 15.0 Å². The SMILES string of the molecule is C1=CC2c3ccccc3C3(c4ccccc4-c4ccccc43)C2C=C1c1nc(-c2ccccc2)nc(-c2ccccc2)n1. The van der Waals surface area contributed by atoms with Gasteiger partial charge in [0.15, 0.2) is 17.5 Å². The van der Waals surface area contributed by atoms with Gasteiger partial charge in [-0.2, -0.15) is 0 Å². The van der Waals surface area contributed by atoms with Crippen LogP contribution in [0.15, 0.2) is 152 Å². The second-order valence-corrected chi connectivity index (χ2v) is 11.6. The lowest BCUT2D eigenvalue weighted by Gasteiger charge is -2.36. The molecule has 3 aliphatic carbocycles. The molecule has 0 bridgehead atoms. The first-order valence-corrected chi connectivity index (χ1v) is 14.9. The molecule has 0 N–H and O–H groups in total. The zero-order valence-corrected chi connectivity index (χ0v) is 23.4. The van der Waals surface area contributed by atoms with Crippen molar-refractivity contribution in [2.75, 3.05) is 0 Å². The molecular formula is C40H27N3. The molecule has 202 valence electrons. The van der Waals surface area contributed by atoms with Crippen molar-refractivity contribution in [1.82, 2.24) is 15.0 Å². The minimum Gasteiger partial charge on any atom is -0.208 e. The van der Waals surface area contributed by atoms with Gasteiger partial charge in [-0.1, -0.05) is 152 Å². The van der Waals surface area contributed by atoms with Crippen LogP contribution in [0.1, 0.15) is 34.0 Å². The van der Waals surface area contributed by atoms with Gasteiger partial charge in [-0.05, 0) is 33.4 Å². The Balaban J connectivity index is 1.28. The molecule has 1 spiro atoms. The molecule has 0 amide bonds. The van der Waals surface area contributed by atoms with E-state index in [0.29, 0.717) is 17.5 Å². The lowest BCUT2D eigenvalue weighted by molar-refractivity contribution is 0.467. The summed E-state index contributed by atoms with van der Waals surface area (Å²) in [6.45, 7) is 0. The largest absolute Gasteiger partial charge is 0.208 e. The lowest BCUT2D eigenvalue weighted by atomic mass is 9.65. The number of benzene rings is 5. The molecule has 1 heterocycles. The van der Waals surface area contributed by atoms with Crippen LogP contribution in [0.3, 0.4) is 0 Å². The minimum absolute atomic E-state index is 0.173. The fourth-order valence-electron chi connectivity index (χ4n) is 7.70. The van der Waals surface area contributed by atoms with Crippen molar-refractivity contribution in [2.45, 2.75) is 11.3 Å². The monoisotopic (exact) mass is 549 g/mol. The summed E-state index contributed by atoms with van der Waals surface area (Å²) in [6, 6.07) is 47.4. The van der Waals surface area contributed by atoms with E-state index in [9.17, 15) is 0 Å². The highest BCUT2D eigenvalue weighted by atomic mass is 15.0. The maximum absolute atomic E-state index is 5.08. The number of allylic oxidation sites excluding steroid dienone is 4. The average molecular weight is 550 g/mol. The van der Waals surface area contributed by atoms with E-state index in [0.717, 1.165) is 16.7 Å². The molecule has 0 saturated heterocycles. The van der Waals surface area contributed by atoms with Crippen LogP contribution >= 0.6 is 0 Å². The topological polar surface area (TPSA) is 38.7 Å². The number of hydrogen-bond donors (Lipinski definition) is 0. The van der Waals surface area contributed by atoms with E-state index in [2.05, 4.69) is 115 Å². The standard InChI is InChI=1S/C40H27N3/c1-3-13-26(14-4-1)37-41-38(27-15-5-2-6-16-27)43-39(42-37)28-23-24-32-31-19-9-12-22-35(31)40(36(32)25-28)33-20-10-7-17-29(33)30-18-8-11-21-34(30)40/h1-25,32,36H. The van der Waals surface area contributed by atoms with Gasteiger partial charge >= 0.3 is 0 Å². The summed E-state index contributed by atoms with van der Waals surface area (Å²) < 4.78 is 0. The molecule has 0 fully saturated rings. The molecular weight excluding hydrogens is 522 g/mol. The van der Waals surface area contributed by atoms with Crippen molar-refractivity contribution in [3.63, 3.8) is 0 Å². The van der Waals surface area contributed by atoms with Gasteiger partial charge in [0, 0.05) is 28.5 Å². The normalized spacial score (nSPS) is 18.5. The molecule has 6 aromatic rings. The van der Waals surface area contributed by atoms with E-state index in [1.807, 2.05) is 36.4 Å². The molecule has 0 aliphatic heterocycles. The quantitative estimate of drug-likeness (QED) is 0.221. The predicted molar refractivity (Wildman–Crippen MR) is 172 cm³/mol. The predicted octanol–water partition coefficient (Wildman–Crippen LogP) is 8.89. The van der Waals surface area contributed by atoms with E-state index in [1.54, 1.807) is 0 Å². The molecule has 0 saturated carbocycles. The zero-order valence-electron chi connectivity index (χ0n) is 23.4. The van der Waals surface area contributed by atoms with Gasteiger partial charge < -0.3 is 0 Å². The van der Waals surface area contributed by atoms with Gasteiger partial charge in [0.05, 0.1) is 5.41 Å².